The number of nitrogens with zero attached hydrogens (tertiary/aromatic N) is 6. The molecule has 0 spiro atoms. The van der Waals surface area contributed by atoms with Crippen molar-refractivity contribution in [3.63, 3.8) is 0 Å². The summed E-state index contributed by atoms with van der Waals surface area (Å²) >= 11 is 6.21. The molecule has 4 heterocycles. The average molecular weight is 506 g/mol. The van der Waals surface area contributed by atoms with Gasteiger partial charge in [-0.1, -0.05) is 19.1 Å². The summed E-state index contributed by atoms with van der Waals surface area (Å²) in [6.07, 6.45) is 13.8. The number of rotatable bonds is 6. The Labute approximate surface area is 219 Å². The Bertz CT molecular complexity index is 1140. The highest BCUT2D eigenvalue weighted by molar-refractivity contribution is 6.22. The van der Waals surface area contributed by atoms with Gasteiger partial charge >= 0.3 is 0 Å². The molecule has 0 radical (unpaired) electrons. The molecule has 190 valence electrons. The highest BCUT2D eigenvalue weighted by atomic mass is 35.5. The molecule has 3 aliphatic rings. The zero-order valence-corrected chi connectivity index (χ0v) is 22.1. The SMILES string of the molecule is CCC1CN(c2ncc(-c3ncc[nH]3)cc2C)CCN1C1CCN(CC2=C(C#N)CC(Cl)C=C2)CC1. The normalized spacial score (nSPS) is 24.3. The minimum atomic E-state index is -0.0493. The molecule has 0 saturated carbocycles. The summed E-state index contributed by atoms with van der Waals surface area (Å²) in [5.74, 6) is 1.96. The van der Waals surface area contributed by atoms with Crippen LogP contribution in [0, 0.1) is 18.3 Å². The standard InChI is InChI=1S/C28H36ClN7/c1-3-25-19-35(28-20(2)14-23(17-33-28)27-31-8-9-32-27)12-13-36(25)26-6-10-34(11-7-26)18-21-4-5-24(29)15-22(21)16-30/h4-5,8-9,14,17,24-26H,3,6-7,10-13,15,18-19H2,1-2H3,(H,31,32). The molecule has 2 unspecified atom stereocenters. The number of halogens is 1. The lowest BCUT2D eigenvalue weighted by Gasteiger charge is -2.48. The number of nitriles is 1. The van der Waals surface area contributed by atoms with Gasteiger partial charge in [-0.25, -0.2) is 9.97 Å². The van der Waals surface area contributed by atoms with E-state index in [4.69, 9.17) is 16.6 Å². The number of hydrogen-bond acceptors (Lipinski definition) is 6. The number of nitrogens with one attached hydrogen (secondary N) is 1. The number of aromatic amines is 1. The molecular weight excluding hydrogens is 470 g/mol. The van der Waals surface area contributed by atoms with Crippen molar-refractivity contribution in [3.05, 3.63) is 53.5 Å². The number of pyridine rings is 1. The Kier molecular flexibility index (Phi) is 7.76. The molecule has 2 fully saturated rings. The predicted molar refractivity (Wildman–Crippen MR) is 145 cm³/mol. The molecule has 2 atom stereocenters. The van der Waals surface area contributed by atoms with E-state index < -0.39 is 0 Å². The van der Waals surface area contributed by atoms with E-state index in [0.717, 1.165) is 74.0 Å². The van der Waals surface area contributed by atoms with Gasteiger partial charge in [-0.15, -0.1) is 11.6 Å². The molecule has 36 heavy (non-hydrogen) atoms. The van der Waals surface area contributed by atoms with Crippen molar-refractivity contribution in [1.82, 2.24) is 24.8 Å². The molecule has 7 nitrogen and oxygen atoms in total. The number of alkyl halides is 1. The number of aromatic nitrogens is 3. The number of piperidine rings is 1. The van der Waals surface area contributed by atoms with E-state index in [1.165, 1.54) is 18.4 Å². The first-order valence-corrected chi connectivity index (χ1v) is 13.6. The Morgan fingerprint density at radius 1 is 1.19 bits per heavy atom. The number of likely N-dealkylation sites (tertiary alicyclic amines) is 1. The van der Waals surface area contributed by atoms with Crippen molar-refractivity contribution in [2.45, 2.75) is 57.0 Å². The highest BCUT2D eigenvalue weighted by Crippen LogP contribution is 2.29. The van der Waals surface area contributed by atoms with Gasteiger partial charge in [-0.3, -0.25) is 9.80 Å². The smallest absolute Gasteiger partial charge is 0.138 e. The van der Waals surface area contributed by atoms with Crippen LogP contribution in [0.5, 0.6) is 0 Å². The van der Waals surface area contributed by atoms with Crippen LogP contribution in [0.3, 0.4) is 0 Å². The van der Waals surface area contributed by atoms with Crippen LogP contribution in [0.25, 0.3) is 11.4 Å². The van der Waals surface area contributed by atoms with E-state index >= 15 is 0 Å². The average Bonchev–Trinajstić information content (AvgIpc) is 3.45. The van der Waals surface area contributed by atoms with E-state index in [1.54, 1.807) is 6.20 Å². The minimum Gasteiger partial charge on any atom is -0.354 e. The predicted octanol–water partition coefficient (Wildman–Crippen LogP) is 4.53. The Balaban J connectivity index is 1.18. The van der Waals surface area contributed by atoms with Crippen LogP contribution in [0.1, 0.15) is 38.2 Å². The van der Waals surface area contributed by atoms with Crippen molar-refractivity contribution in [2.75, 3.05) is 44.2 Å². The van der Waals surface area contributed by atoms with Crippen LogP contribution in [0.15, 0.2) is 48.0 Å². The number of piperazine rings is 1. The fourth-order valence-corrected chi connectivity index (χ4v) is 6.22. The van der Waals surface area contributed by atoms with E-state index in [1.807, 2.05) is 18.5 Å². The number of imidazole rings is 1. The van der Waals surface area contributed by atoms with Gasteiger partial charge in [0.15, 0.2) is 0 Å². The van der Waals surface area contributed by atoms with E-state index in [9.17, 15) is 5.26 Å². The van der Waals surface area contributed by atoms with Crippen molar-refractivity contribution in [1.29, 1.82) is 5.26 Å². The first kappa shape index (κ1) is 25.0. The number of allylic oxidation sites excluding steroid dienone is 2. The lowest BCUT2D eigenvalue weighted by Crippen LogP contribution is -2.58. The maximum Gasteiger partial charge on any atom is 0.138 e. The van der Waals surface area contributed by atoms with Crippen LogP contribution in [0.2, 0.25) is 0 Å². The largest absolute Gasteiger partial charge is 0.354 e. The lowest BCUT2D eigenvalue weighted by atomic mass is 9.95. The maximum atomic E-state index is 9.52. The maximum absolute atomic E-state index is 9.52. The lowest BCUT2D eigenvalue weighted by molar-refractivity contribution is 0.0659. The topological polar surface area (TPSA) is 75.1 Å². The number of hydrogen-bond donors (Lipinski definition) is 1. The molecule has 8 heteroatoms. The highest BCUT2D eigenvalue weighted by Gasteiger charge is 2.34. The summed E-state index contributed by atoms with van der Waals surface area (Å²) in [5, 5.41) is 9.47. The molecule has 2 aromatic rings. The Hall–Kier alpha value is -2.66. The first-order chi connectivity index (χ1) is 17.6. The van der Waals surface area contributed by atoms with E-state index in [0.29, 0.717) is 18.5 Å². The van der Waals surface area contributed by atoms with Crippen LogP contribution in [0.4, 0.5) is 5.82 Å². The third-order valence-electron chi connectivity index (χ3n) is 7.97. The summed E-state index contributed by atoms with van der Waals surface area (Å²) < 4.78 is 0. The van der Waals surface area contributed by atoms with E-state index in [-0.39, 0.29) is 5.38 Å². The second kappa shape index (κ2) is 11.2. The molecule has 1 aliphatic carbocycles. The van der Waals surface area contributed by atoms with Crippen molar-refractivity contribution < 1.29 is 0 Å². The molecule has 2 aliphatic heterocycles. The van der Waals surface area contributed by atoms with Gasteiger partial charge in [0.25, 0.3) is 0 Å². The summed E-state index contributed by atoms with van der Waals surface area (Å²) in [7, 11) is 0. The molecule has 5 rings (SSSR count). The van der Waals surface area contributed by atoms with Gasteiger partial charge in [-0.05, 0) is 56.5 Å². The zero-order chi connectivity index (χ0) is 25.1. The second-order valence-electron chi connectivity index (χ2n) is 10.3. The molecule has 2 saturated heterocycles. The quantitative estimate of drug-likeness (QED) is 0.581. The summed E-state index contributed by atoms with van der Waals surface area (Å²) in [4.78, 5) is 20.1. The monoisotopic (exact) mass is 505 g/mol. The van der Waals surface area contributed by atoms with Crippen molar-refractivity contribution in [3.8, 4) is 17.5 Å². The van der Waals surface area contributed by atoms with Crippen LogP contribution in [-0.4, -0.2) is 81.5 Å². The Morgan fingerprint density at radius 2 is 2.03 bits per heavy atom. The van der Waals surface area contributed by atoms with Crippen molar-refractivity contribution in [2.24, 2.45) is 0 Å². The molecule has 0 bridgehead atoms. The third kappa shape index (κ3) is 5.36. The van der Waals surface area contributed by atoms with Crippen LogP contribution >= 0.6 is 11.6 Å². The fourth-order valence-electron chi connectivity index (χ4n) is 5.99. The summed E-state index contributed by atoms with van der Waals surface area (Å²) in [6, 6.07) is 5.73. The number of H-pyrrole nitrogens is 1. The van der Waals surface area contributed by atoms with Crippen molar-refractivity contribution >= 4 is 17.4 Å². The zero-order valence-electron chi connectivity index (χ0n) is 21.3. The molecule has 0 aromatic carbocycles. The van der Waals surface area contributed by atoms with Gasteiger partial charge in [0.05, 0.1) is 11.4 Å². The van der Waals surface area contributed by atoms with Gasteiger partial charge < -0.3 is 9.88 Å². The summed E-state index contributed by atoms with van der Waals surface area (Å²) in [5.41, 5.74) is 4.23. The van der Waals surface area contributed by atoms with E-state index in [2.05, 4.69) is 56.7 Å². The van der Waals surface area contributed by atoms with Gasteiger partial charge in [0.1, 0.15) is 11.6 Å². The molecule has 2 aromatic heterocycles. The fraction of sp³-hybridized carbons (Fsp3) is 0.536. The number of aryl methyl sites for hydroxylation is 1. The molecule has 1 N–H and O–H groups in total. The molecular formula is C28H36ClN7. The molecule has 0 amide bonds. The van der Waals surface area contributed by atoms with Gasteiger partial charge in [0.2, 0.25) is 0 Å². The first-order valence-electron chi connectivity index (χ1n) is 13.2. The third-order valence-corrected chi connectivity index (χ3v) is 8.27. The second-order valence-corrected chi connectivity index (χ2v) is 10.8. The Morgan fingerprint density at radius 3 is 2.72 bits per heavy atom. The van der Waals surface area contributed by atoms with Gasteiger partial charge in [0, 0.05) is 74.4 Å². The van der Waals surface area contributed by atoms with Crippen LogP contribution in [-0.2, 0) is 0 Å². The summed E-state index contributed by atoms with van der Waals surface area (Å²) in [6.45, 7) is 10.6. The van der Waals surface area contributed by atoms with Crippen LogP contribution < -0.4 is 4.90 Å². The number of anilines is 1. The van der Waals surface area contributed by atoms with Gasteiger partial charge in [-0.2, -0.15) is 5.26 Å². The minimum absolute atomic E-state index is 0.0493.